The summed E-state index contributed by atoms with van der Waals surface area (Å²) in [6.07, 6.45) is 0.556. The van der Waals surface area contributed by atoms with Gasteiger partial charge in [0.05, 0.1) is 0 Å². The maximum absolute atomic E-state index is 10.9. The maximum atomic E-state index is 10.9. The molecule has 0 aromatic heterocycles. The summed E-state index contributed by atoms with van der Waals surface area (Å²) in [7, 11) is 0. The van der Waals surface area contributed by atoms with E-state index < -0.39 is 11.5 Å². The van der Waals surface area contributed by atoms with Gasteiger partial charge in [0.25, 0.3) is 0 Å². The van der Waals surface area contributed by atoms with Crippen LogP contribution >= 0.6 is 0 Å². The van der Waals surface area contributed by atoms with Crippen LogP contribution in [0.25, 0.3) is 0 Å². The van der Waals surface area contributed by atoms with Crippen molar-refractivity contribution in [3.05, 3.63) is 0 Å². The van der Waals surface area contributed by atoms with Gasteiger partial charge in [0, 0.05) is 5.54 Å². The lowest BCUT2D eigenvalue weighted by molar-refractivity contribution is -0.147. The zero-order valence-electron chi connectivity index (χ0n) is 8.42. The molecule has 0 amide bonds. The average Bonchev–Trinajstić information content (AvgIpc) is 2.00. The molecule has 0 bridgehead atoms. The number of rotatable bonds is 5. The first-order valence-electron chi connectivity index (χ1n) is 4.31. The van der Waals surface area contributed by atoms with Crippen molar-refractivity contribution in [2.45, 2.75) is 39.2 Å². The molecule has 0 rings (SSSR count). The summed E-state index contributed by atoms with van der Waals surface area (Å²) in [5.41, 5.74) is 5.24. The molecule has 0 radical (unpaired) electrons. The Morgan fingerprint density at radius 2 is 2.00 bits per heavy atom. The molecule has 0 fully saturated rings. The van der Waals surface area contributed by atoms with E-state index in [-0.39, 0.29) is 18.8 Å². The normalized spacial score (nSPS) is 14.8. The summed E-state index contributed by atoms with van der Waals surface area (Å²) in [5, 5.41) is 0. The second-order valence-electron chi connectivity index (χ2n) is 3.55. The molecule has 76 valence electrons. The van der Waals surface area contributed by atoms with Gasteiger partial charge in [0.1, 0.15) is 18.8 Å². The molecular formula is C9H17NO3. The van der Waals surface area contributed by atoms with Crippen molar-refractivity contribution in [3.8, 4) is 0 Å². The van der Waals surface area contributed by atoms with Crippen LogP contribution in [0.15, 0.2) is 0 Å². The average molecular weight is 187 g/mol. The minimum absolute atomic E-state index is 0.162. The van der Waals surface area contributed by atoms with Crippen LogP contribution < -0.4 is 5.73 Å². The van der Waals surface area contributed by atoms with Gasteiger partial charge in [-0.2, -0.15) is 0 Å². The molecule has 13 heavy (non-hydrogen) atoms. The van der Waals surface area contributed by atoms with Crippen LogP contribution in [-0.2, 0) is 14.3 Å². The number of carbonyl (C=O) groups is 2. The Morgan fingerprint density at radius 3 is 2.38 bits per heavy atom. The first-order chi connectivity index (χ1) is 5.87. The number of ketones is 1. The number of Topliss-reactive ketones (excluding diaryl/α,β-unsaturated/α-hetero) is 1. The van der Waals surface area contributed by atoms with Crippen LogP contribution in [0.3, 0.4) is 0 Å². The molecule has 0 aliphatic heterocycles. The van der Waals surface area contributed by atoms with Gasteiger partial charge >= 0.3 is 5.97 Å². The fourth-order valence-corrected chi connectivity index (χ4v) is 0.602. The molecule has 0 aromatic rings. The lowest BCUT2D eigenvalue weighted by atomic mass is 10.0. The second kappa shape index (κ2) is 4.97. The predicted molar refractivity (Wildman–Crippen MR) is 49.1 cm³/mol. The van der Waals surface area contributed by atoms with Crippen molar-refractivity contribution in [1.82, 2.24) is 0 Å². The molecule has 1 atom stereocenters. The molecule has 1 unspecified atom stereocenters. The molecule has 0 saturated carbocycles. The SMILES string of the molecule is CCC(C)(N)COC(=O)CC(C)=O. The van der Waals surface area contributed by atoms with Crippen LogP contribution in [0.5, 0.6) is 0 Å². The Balaban J connectivity index is 3.76. The molecule has 0 aliphatic carbocycles. The van der Waals surface area contributed by atoms with Gasteiger partial charge in [-0.15, -0.1) is 0 Å². The summed E-state index contributed by atoms with van der Waals surface area (Å²) < 4.78 is 4.82. The zero-order chi connectivity index (χ0) is 10.5. The molecule has 0 saturated heterocycles. The Bertz CT molecular complexity index is 199. The van der Waals surface area contributed by atoms with Crippen LogP contribution in [0.4, 0.5) is 0 Å². The van der Waals surface area contributed by atoms with Crippen LogP contribution in [0, 0.1) is 0 Å². The highest BCUT2D eigenvalue weighted by atomic mass is 16.5. The number of hydrogen-bond donors (Lipinski definition) is 1. The Kier molecular flexibility index (Phi) is 4.62. The molecule has 0 heterocycles. The molecule has 2 N–H and O–H groups in total. The fourth-order valence-electron chi connectivity index (χ4n) is 0.602. The van der Waals surface area contributed by atoms with Crippen molar-refractivity contribution < 1.29 is 14.3 Å². The highest BCUT2D eigenvalue weighted by Crippen LogP contribution is 2.05. The summed E-state index contributed by atoms with van der Waals surface area (Å²) in [4.78, 5) is 21.4. The van der Waals surface area contributed by atoms with E-state index in [0.717, 1.165) is 6.42 Å². The minimum Gasteiger partial charge on any atom is -0.463 e. The Morgan fingerprint density at radius 1 is 1.46 bits per heavy atom. The third-order valence-corrected chi connectivity index (χ3v) is 1.76. The van der Waals surface area contributed by atoms with Crippen LogP contribution in [0.2, 0.25) is 0 Å². The van der Waals surface area contributed by atoms with E-state index in [4.69, 9.17) is 10.5 Å². The van der Waals surface area contributed by atoms with E-state index in [2.05, 4.69) is 0 Å². The molecule has 0 aromatic carbocycles. The van der Waals surface area contributed by atoms with E-state index in [1.54, 1.807) is 6.92 Å². The van der Waals surface area contributed by atoms with E-state index >= 15 is 0 Å². The van der Waals surface area contributed by atoms with Gasteiger partial charge < -0.3 is 10.5 Å². The van der Waals surface area contributed by atoms with E-state index in [1.165, 1.54) is 6.92 Å². The molecule has 4 heteroatoms. The van der Waals surface area contributed by atoms with Crippen molar-refractivity contribution in [1.29, 1.82) is 0 Å². The van der Waals surface area contributed by atoms with Gasteiger partial charge in [0.2, 0.25) is 0 Å². The maximum Gasteiger partial charge on any atom is 0.313 e. The van der Waals surface area contributed by atoms with Gasteiger partial charge in [-0.1, -0.05) is 6.92 Å². The summed E-state index contributed by atoms with van der Waals surface area (Å²) in [6, 6.07) is 0. The second-order valence-corrected chi connectivity index (χ2v) is 3.55. The number of nitrogens with two attached hydrogens (primary N) is 1. The molecule has 0 spiro atoms. The quantitative estimate of drug-likeness (QED) is 0.506. The number of ether oxygens (including phenoxy) is 1. The Labute approximate surface area is 78.4 Å². The summed E-state index contributed by atoms with van der Waals surface area (Å²) in [5.74, 6) is -0.696. The first-order valence-corrected chi connectivity index (χ1v) is 4.31. The van der Waals surface area contributed by atoms with Crippen molar-refractivity contribution >= 4 is 11.8 Å². The van der Waals surface area contributed by atoms with Gasteiger partial charge in [-0.3, -0.25) is 9.59 Å². The van der Waals surface area contributed by atoms with Crippen LogP contribution in [-0.4, -0.2) is 23.9 Å². The highest BCUT2D eigenvalue weighted by molar-refractivity contribution is 5.94. The zero-order valence-corrected chi connectivity index (χ0v) is 8.42. The van der Waals surface area contributed by atoms with E-state index in [9.17, 15) is 9.59 Å². The monoisotopic (exact) mass is 187 g/mol. The molecule has 0 aliphatic rings. The number of hydrogen-bond acceptors (Lipinski definition) is 4. The van der Waals surface area contributed by atoms with Crippen molar-refractivity contribution in [2.75, 3.05) is 6.61 Å². The molecular weight excluding hydrogens is 170 g/mol. The standard InChI is InChI=1S/C9H17NO3/c1-4-9(3,10)6-13-8(12)5-7(2)11/h4-6,10H2,1-3H3. The highest BCUT2D eigenvalue weighted by Gasteiger charge is 2.18. The smallest absolute Gasteiger partial charge is 0.313 e. The largest absolute Gasteiger partial charge is 0.463 e. The third kappa shape index (κ3) is 6.28. The van der Waals surface area contributed by atoms with Gasteiger partial charge in [0.15, 0.2) is 0 Å². The molecule has 4 nitrogen and oxygen atoms in total. The van der Waals surface area contributed by atoms with Crippen LogP contribution in [0.1, 0.15) is 33.6 Å². The minimum atomic E-state index is -0.502. The van der Waals surface area contributed by atoms with Crippen molar-refractivity contribution in [3.63, 3.8) is 0 Å². The van der Waals surface area contributed by atoms with E-state index in [0.29, 0.717) is 0 Å². The number of esters is 1. The Hall–Kier alpha value is -0.900. The van der Waals surface area contributed by atoms with Gasteiger partial charge in [-0.05, 0) is 20.3 Å². The topological polar surface area (TPSA) is 69.4 Å². The fraction of sp³-hybridized carbons (Fsp3) is 0.778. The first kappa shape index (κ1) is 12.1. The number of carbonyl (C=O) groups excluding carboxylic acids is 2. The lowest BCUT2D eigenvalue weighted by Gasteiger charge is -2.21. The van der Waals surface area contributed by atoms with Gasteiger partial charge in [-0.25, -0.2) is 0 Å². The van der Waals surface area contributed by atoms with Crippen molar-refractivity contribution in [2.24, 2.45) is 5.73 Å². The van der Waals surface area contributed by atoms with E-state index in [1.807, 2.05) is 6.92 Å². The third-order valence-electron chi connectivity index (χ3n) is 1.76. The lowest BCUT2D eigenvalue weighted by Crippen LogP contribution is -2.41. The summed E-state index contributed by atoms with van der Waals surface area (Å²) >= 11 is 0. The predicted octanol–water partition coefficient (Wildman–Crippen LogP) is 0.636. The summed E-state index contributed by atoms with van der Waals surface area (Å²) in [6.45, 7) is 5.23.